The molecule has 0 unspecified atom stereocenters. The maximum atomic E-state index is 13.0. The van der Waals surface area contributed by atoms with Crippen molar-refractivity contribution < 1.29 is 13.2 Å². The lowest BCUT2D eigenvalue weighted by Gasteiger charge is -2.27. The van der Waals surface area contributed by atoms with Gasteiger partial charge in [0.15, 0.2) is 0 Å². The zero-order valence-electron chi connectivity index (χ0n) is 12.7. The van der Waals surface area contributed by atoms with Gasteiger partial charge in [-0.15, -0.1) is 0 Å². The van der Waals surface area contributed by atoms with Gasteiger partial charge in [-0.05, 0) is 38.0 Å². The number of rotatable bonds is 6. The Kier molecular flexibility index (Phi) is 5.11. The van der Waals surface area contributed by atoms with Crippen LogP contribution >= 0.6 is 0 Å². The molecule has 0 aliphatic heterocycles. The van der Waals surface area contributed by atoms with Crippen LogP contribution in [0.5, 0.6) is 5.75 Å². The molecule has 2 rings (SSSR count). The summed E-state index contributed by atoms with van der Waals surface area (Å²) in [7, 11) is -3.58. The maximum Gasteiger partial charge on any atom is 0.247 e. The van der Waals surface area contributed by atoms with Crippen LogP contribution < -0.4 is 10.5 Å². The van der Waals surface area contributed by atoms with Gasteiger partial charge >= 0.3 is 0 Å². The average Bonchev–Trinajstić information content (AvgIpc) is 2.95. The van der Waals surface area contributed by atoms with E-state index in [0.29, 0.717) is 24.6 Å². The maximum absolute atomic E-state index is 13.0. The highest BCUT2D eigenvalue weighted by atomic mass is 32.2. The quantitative estimate of drug-likeness (QED) is 0.820. The minimum atomic E-state index is -3.58. The monoisotopic (exact) mass is 312 g/mol. The number of anilines is 1. The minimum Gasteiger partial charge on any atom is -0.492 e. The highest BCUT2D eigenvalue weighted by Gasteiger charge is 2.34. The number of sulfonamides is 1. The third kappa shape index (κ3) is 3.32. The molecule has 0 atom stereocenters. The van der Waals surface area contributed by atoms with Crippen LogP contribution in [0.4, 0.5) is 5.69 Å². The van der Waals surface area contributed by atoms with Crippen LogP contribution in [0.2, 0.25) is 0 Å². The van der Waals surface area contributed by atoms with Crippen molar-refractivity contribution in [2.75, 3.05) is 18.9 Å². The predicted molar refractivity (Wildman–Crippen MR) is 83.8 cm³/mol. The topological polar surface area (TPSA) is 72.6 Å². The molecule has 1 aromatic rings. The molecule has 21 heavy (non-hydrogen) atoms. The van der Waals surface area contributed by atoms with Crippen LogP contribution in [-0.4, -0.2) is 31.9 Å². The van der Waals surface area contributed by atoms with E-state index in [1.165, 1.54) is 6.07 Å². The summed E-state index contributed by atoms with van der Waals surface area (Å²) in [5.74, 6) is 0.378. The second-order valence-corrected chi connectivity index (χ2v) is 7.14. The molecule has 5 nitrogen and oxygen atoms in total. The highest BCUT2D eigenvalue weighted by Crippen LogP contribution is 2.33. The van der Waals surface area contributed by atoms with Crippen molar-refractivity contribution in [3.63, 3.8) is 0 Å². The molecular formula is C15H24N2O3S. The fourth-order valence-corrected chi connectivity index (χ4v) is 4.81. The molecule has 1 fully saturated rings. The number of nitrogens with two attached hydrogens (primary N) is 1. The van der Waals surface area contributed by atoms with E-state index in [1.54, 1.807) is 16.4 Å². The lowest BCUT2D eigenvalue weighted by Crippen LogP contribution is -2.38. The molecule has 2 N–H and O–H groups in total. The smallest absolute Gasteiger partial charge is 0.247 e. The SMILES string of the molecule is CCOc1ccc(N)cc1S(=O)(=O)N(CC)C1CCCC1. The molecule has 0 bridgehead atoms. The predicted octanol–water partition coefficient (Wildman–Crippen LogP) is 2.62. The summed E-state index contributed by atoms with van der Waals surface area (Å²) in [6, 6.07) is 4.89. The number of ether oxygens (including phenoxy) is 1. The van der Waals surface area contributed by atoms with Crippen LogP contribution in [0, 0.1) is 0 Å². The molecule has 1 aliphatic rings. The summed E-state index contributed by atoms with van der Waals surface area (Å²) in [4.78, 5) is 0.179. The Hall–Kier alpha value is -1.27. The van der Waals surface area contributed by atoms with E-state index in [9.17, 15) is 8.42 Å². The first kappa shape index (κ1) is 16.1. The van der Waals surface area contributed by atoms with Gasteiger partial charge in [0.2, 0.25) is 10.0 Å². The van der Waals surface area contributed by atoms with Gasteiger partial charge in [-0.2, -0.15) is 4.31 Å². The normalized spacial score (nSPS) is 16.5. The van der Waals surface area contributed by atoms with E-state index in [4.69, 9.17) is 10.5 Å². The van der Waals surface area contributed by atoms with Crippen LogP contribution in [0.25, 0.3) is 0 Å². The van der Waals surface area contributed by atoms with Gasteiger partial charge in [0.1, 0.15) is 10.6 Å². The van der Waals surface area contributed by atoms with Crippen LogP contribution in [-0.2, 0) is 10.0 Å². The van der Waals surface area contributed by atoms with E-state index in [1.807, 2.05) is 13.8 Å². The van der Waals surface area contributed by atoms with Gasteiger partial charge in [-0.3, -0.25) is 0 Å². The molecule has 0 heterocycles. The molecule has 0 radical (unpaired) electrons. The molecule has 6 heteroatoms. The zero-order chi connectivity index (χ0) is 15.5. The van der Waals surface area contributed by atoms with Crippen LogP contribution in [0.3, 0.4) is 0 Å². The first-order chi connectivity index (χ1) is 10.0. The molecule has 1 aliphatic carbocycles. The Labute approximate surface area is 127 Å². The second-order valence-electron chi connectivity index (χ2n) is 5.29. The molecule has 0 saturated heterocycles. The van der Waals surface area contributed by atoms with Crippen molar-refractivity contribution in [2.24, 2.45) is 0 Å². The Morgan fingerprint density at radius 3 is 2.52 bits per heavy atom. The van der Waals surface area contributed by atoms with E-state index < -0.39 is 10.0 Å². The van der Waals surface area contributed by atoms with E-state index >= 15 is 0 Å². The number of hydrogen-bond donors (Lipinski definition) is 1. The van der Waals surface area contributed by atoms with Crippen LogP contribution in [0.15, 0.2) is 23.1 Å². The lowest BCUT2D eigenvalue weighted by atomic mass is 10.2. The van der Waals surface area contributed by atoms with Gasteiger partial charge in [-0.1, -0.05) is 19.8 Å². The van der Waals surface area contributed by atoms with Crippen molar-refractivity contribution in [3.05, 3.63) is 18.2 Å². The first-order valence-electron chi connectivity index (χ1n) is 7.54. The van der Waals surface area contributed by atoms with E-state index in [2.05, 4.69) is 0 Å². The fourth-order valence-electron chi connectivity index (χ4n) is 2.94. The van der Waals surface area contributed by atoms with Crippen LogP contribution in [0.1, 0.15) is 39.5 Å². The standard InChI is InChI=1S/C15H24N2O3S/c1-3-17(13-7-5-6-8-13)21(18,19)15-11-12(16)9-10-14(15)20-4-2/h9-11,13H,3-8,16H2,1-2H3. The van der Waals surface area contributed by atoms with Gasteiger partial charge in [-0.25, -0.2) is 8.42 Å². The third-order valence-corrected chi connectivity index (χ3v) is 5.95. The molecule has 0 amide bonds. The van der Waals surface area contributed by atoms with Gasteiger partial charge in [0, 0.05) is 18.3 Å². The highest BCUT2D eigenvalue weighted by molar-refractivity contribution is 7.89. The lowest BCUT2D eigenvalue weighted by molar-refractivity contribution is 0.318. The Morgan fingerprint density at radius 1 is 1.29 bits per heavy atom. The number of benzene rings is 1. The fraction of sp³-hybridized carbons (Fsp3) is 0.600. The molecule has 1 saturated carbocycles. The summed E-state index contributed by atoms with van der Waals surface area (Å²) in [5.41, 5.74) is 6.21. The number of nitrogens with zero attached hydrogens (tertiary/aromatic N) is 1. The van der Waals surface area contributed by atoms with Crippen molar-refractivity contribution in [3.8, 4) is 5.75 Å². The number of hydrogen-bond acceptors (Lipinski definition) is 4. The summed E-state index contributed by atoms with van der Waals surface area (Å²) in [6.45, 7) is 4.60. The average molecular weight is 312 g/mol. The summed E-state index contributed by atoms with van der Waals surface area (Å²) < 4.78 is 33.0. The summed E-state index contributed by atoms with van der Waals surface area (Å²) in [6.07, 6.45) is 4.04. The Morgan fingerprint density at radius 2 is 1.95 bits per heavy atom. The van der Waals surface area contributed by atoms with Gasteiger partial charge in [0.25, 0.3) is 0 Å². The van der Waals surface area contributed by atoms with E-state index in [-0.39, 0.29) is 10.9 Å². The third-order valence-electron chi connectivity index (χ3n) is 3.90. The van der Waals surface area contributed by atoms with Crippen molar-refractivity contribution in [1.82, 2.24) is 4.31 Å². The number of nitrogen functional groups attached to an aromatic ring is 1. The van der Waals surface area contributed by atoms with Gasteiger partial charge < -0.3 is 10.5 Å². The Bertz CT molecular complexity index is 581. The largest absolute Gasteiger partial charge is 0.492 e. The molecular weight excluding hydrogens is 288 g/mol. The zero-order valence-corrected chi connectivity index (χ0v) is 13.5. The summed E-state index contributed by atoms with van der Waals surface area (Å²) >= 11 is 0. The minimum absolute atomic E-state index is 0.0934. The second kappa shape index (κ2) is 6.66. The molecule has 118 valence electrons. The molecule has 0 aromatic heterocycles. The summed E-state index contributed by atoms with van der Waals surface area (Å²) in [5, 5.41) is 0. The van der Waals surface area contributed by atoms with Crippen molar-refractivity contribution in [2.45, 2.75) is 50.5 Å². The first-order valence-corrected chi connectivity index (χ1v) is 8.98. The van der Waals surface area contributed by atoms with Gasteiger partial charge in [0.05, 0.1) is 6.61 Å². The van der Waals surface area contributed by atoms with Crippen molar-refractivity contribution >= 4 is 15.7 Å². The Balaban J connectivity index is 2.43. The van der Waals surface area contributed by atoms with Crippen molar-refractivity contribution in [1.29, 1.82) is 0 Å². The molecule has 0 spiro atoms. The molecule has 1 aromatic carbocycles. The van der Waals surface area contributed by atoms with E-state index in [0.717, 1.165) is 25.7 Å².